The monoisotopic (exact) mass is 278 g/mol. The molecule has 6 heteroatoms. The van der Waals surface area contributed by atoms with Crippen molar-refractivity contribution in [3.8, 4) is 0 Å². The Bertz CT molecular complexity index is 366. The summed E-state index contributed by atoms with van der Waals surface area (Å²) in [6.07, 6.45) is 4.06. The predicted octanol–water partition coefficient (Wildman–Crippen LogP) is 0.896. The van der Waals surface area contributed by atoms with Crippen LogP contribution >= 0.6 is 15.9 Å². The smallest absolute Gasteiger partial charge is 0.221 e. The van der Waals surface area contributed by atoms with Gasteiger partial charge in [-0.3, -0.25) is 4.98 Å². The number of rotatable bonds is 5. The van der Waals surface area contributed by atoms with E-state index in [9.17, 15) is 8.42 Å². The second-order valence-electron chi connectivity index (χ2n) is 2.73. The van der Waals surface area contributed by atoms with Crippen LogP contribution in [-0.4, -0.2) is 24.6 Å². The van der Waals surface area contributed by atoms with Gasteiger partial charge in [-0.25, -0.2) is 13.1 Å². The quantitative estimate of drug-likeness (QED) is 0.814. The molecular weight excluding hydrogens is 268 g/mol. The Morgan fingerprint density at radius 3 is 2.86 bits per heavy atom. The molecule has 0 bridgehead atoms. The maximum Gasteiger partial charge on any atom is 0.221 e. The van der Waals surface area contributed by atoms with E-state index in [1.807, 2.05) is 12.1 Å². The molecule has 78 valence electrons. The molecule has 0 atom stereocenters. The molecule has 0 fully saturated rings. The van der Waals surface area contributed by atoms with Crippen molar-refractivity contribution < 1.29 is 8.42 Å². The number of nitrogens with zero attached hydrogens (tertiary/aromatic N) is 1. The standard InChI is InChI=1S/C8H11BrN2O2S/c9-7-14(12,13)11-5-3-8-2-1-4-10-6-8/h1-2,4,6,11H,3,5,7H2. The van der Waals surface area contributed by atoms with Gasteiger partial charge in [-0.1, -0.05) is 22.0 Å². The van der Waals surface area contributed by atoms with E-state index in [-0.39, 0.29) is 4.66 Å². The van der Waals surface area contributed by atoms with E-state index in [4.69, 9.17) is 0 Å². The Morgan fingerprint density at radius 2 is 2.29 bits per heavy atom. The van der Waals surface area contributed by atoms with Crippen LogP contribution in [0.5, 0.6) is 0 Å². The van der Waals surface area contributed by atoms with Gasteiger partial charge >= 0.3 is 0 Å². The summed E-state index contributed by atoms with van der Waals surface area (Å²) in [4.78, 5) is 3.93. The Morgan fingerprint density at radius 1 is 1.50 bits per heavy atom. The lowest BCUT2D eigenvalue weighted by Crippen LogP contribution is -2.26. The summed E-state index contributed by atoms with van der Waals surface area (Å²) < 4.78 is 24.4. The minimum absolute atomic E-state index is 0.0625. The van der Waals surface area contributed by atoms with Crippen molar-refractivity contribution in [3.63, 3.8) is 0 Å². The first-order chi connectivity index (χ1) is 6.64. The van der Waals surface area contributed by atoms with Crippen molar-refractivity contribution in [2.24, 2.45) is 0 Å². The highest BCUT2D eigenvalue weighted by molar-refractivity contribution is 9.10. The minimum Gasteiger partial charge on any atom is -0.264 e. The zero-order valence-electron chi connectivity index (χ0n) is 7.48. The van der Waals surface area contributed by atoms with Gasteiger partial charge in [-0.05, 0) is 18.1 Å². The third-order valence-electron chi connectivity index (χ3n) is 1.60. The lowest BCUT2D eigenvalue weighted by Gasteiger charge is -2.02. The van der Waals surface area contributed by atoms with Crippen LogP contribution in [0.3, 0.4) is 0 Å². The molecule has 0 aromatic carbocycles. The first kappa shape index (κ1) is 11.6. The lowest BCUT2D eigenvalue weighted by molar-refractivity contribution is 0.587. The Balaban J connectivity index is 2.37. The van der Waals surface area contributed by atoms with Gasteiger partial charge in [0.1, 0.15) is 4.66 Å². The van der Waals surface area contributed by atoms with E-state index in [1.54, 1.807) is 12.4 Å². The lowest BCUT2D eigenvalue weighted by atomic mass is 10.2. The molecule has 0 saturated carbocycles. The van der Waals surface area contributed by atoms with E-state index >= 15 is 0 Å². The van der Waals surface area contributed by atoms with E-state index < -0.39 is 10.0 Å². The fraction of sp³-hybridized carbons (Fsp3) is 0.375. The highest BCUT2D eigenvalue weighted by atomic mass is 79.9. The first-order valence-electron chi connectivity index (χ1n) is 4.06. The van der Waals surface area contributed by atoms with Crippen LogP contribution < -0.4 is 4.72 Å². The van der Waals surface area contributed by atoms with Crippen molar-refractivity contribution >= 4 is 26.0 Å². The molecule has 1 N–H and O–H groups in total. The van der Waals surface area contributed by atoms with Gasteiger partial charge < -0.3 is 0 Å². The summed E-state index contributed by atoms with van der Waals surface area (Å²) >= 11 is 2.89. The van der Waals surface area contributed by atoms with Crippen LogP contribution in [0.25, 0.3) is 0 Å². The fourth-order valence-electron chi connectivity index (χ4n) is 0.935. The normalized spacial score (nSPS) is 11.5. The molecule has 0 saturated heterocycles. The number of aromatic nitrogens is 1. The topological polar surface area (TPSA) is 59.1 Å². The van der Waals surface area contributed by atoms with Gasteiger partial charge in [0, 0.05) is 18.9 Å². The van der Waals surface area contributed by atoms with Crippen molar-refractivity contribution in [2.45, 2.75) is 6.42 Å². The Kier molecular flexibility index (Phi) is 4.50. The van der Waals surface area contributed by atoms with Crippen LogP contribution in [0.1, 0.15) is 5.56 Å². The predicted molar refractivity (Wildman–Crippen MR) is 58.7 cm³/mol. The number of hydrogen-bond acceptors (Lipinski definition) is 3. The summed E-state index contributed by atoms with van der Waals surface area (Å²) in [5.41, 5.74) is 1.02. The third-order valence-corrected chi connectivity index (χ3v) is 4.34. The molecular formula is C8H11BrN2O2S. The van der Waals surface area contributed by atoms with E-state index in [0.29, 0.717) is 13.0 Å². The molecule has 0 amide bonds. The number of hydrogen-bond donors (Lipinski definition) is 1. The van der Waals surface area contributed by atoms with Gasteiger partial charge in [0.25, 0.3) is 0 Å². The van der Waals surface area contributed by atoms with Crippen LogP contribution in [0.4, 0.5) is 0 Å². The van der Waals surface area contributed by atoms with Gasteiger partial charge in [0.05, 0.1) is 0 Å². The summed E-state index contributed by atoms with van der Waals surface area (Å²) in [5, 5.41) is 0. The van der Waals surface area contributed by atoms with E-state index in [1.165, 1.54) is 0 Å². The number of pyridine rings is 1. The van der Waals surface area contributed by atoms with Crippen molar-refractivity contribution in [1.82, 2.24) is 9.71 Å². The molecule has 0 radical (unpaired) electrons. The molecule has 0 aliphatic heterocycles. The molecule has 14 heavy (non-hydrogen) atoms. The highest BCUT2D eigenvalue weighted by Gasteiger charge is 2.05. The number of alkyl halides is 1. The number of sulfonamides is 1. The largest absolute Gasteiger partial charge is 0.264 e. The first-order valence-corrected chi connectivity index (χ1v) is 6.83. The summed E-state index contributed by atoms with van der Waals surface area (Å²) in [6, 6.07) is 3.74. The molecule has 1 rings (SSSR count). The maximum absolute atomic E-state index is 11.0. The molecule has 1 aromatic heterocycles. The van der Waals surface area contributed by atoms with E-state index in [0.717, 1.165) is 5.56 Å². The molecule has 1 heterocycles. The second kappa shape index (κ2) is 5.43. The summed E-state index contributed by atoms with van der Waals surface area (Å²) in [6.45, 7) is 0.402. The van der Waals surface area contributed by atoms with Crippen LogP contribution in [-0.2, 0) is 16.4 Å². The minimum atomic E-state index is -3.14. The van der Waals surface area contributed by atoms with Crippen LogP contribution in [0.2, 0.25) is 0 Å². The molecule has 1 aromatic rings. The van der Waals surface area contributed by atoms with Crippen molar-refractivity contribution in [2.75, 3.05) is 11.2 Å². The van der Waals surface area contributed by atoms with Crippen molar-refractivity contribution in [3.05, 3.63) is 30.1 Å². The SMILES string of the molecule is O=S(=O)(CBr)NCCc1cccnc1. The van der Waals surface area contributed by atoms with Gasteiger partial charge in [0.2, 0.25) is 10.0 Å². The highest BCUT2D eigenvalue weighted by Crippen LogP contribution is 1.97. The maximum atomic E-state index is 11.0. The molecule has 0 spiro atoms. The third kappa shape index (κ3) is 4.17. The Labute approximate surface area is 91.9 Å². The molecule has 4 nitrogen and oxygen atoms in total. The average Bonchev–Trinajstić information content (AvgIpc) is 2.19. The number of nitrogens with one attached hydrogen (secondary N) is 1. The molecule has 0 aliphatic carbocycles. The zero-order valence-corrected chi connectivity index (χ0v) is 9.88. The zero-order chi connectivity index (χ0) is 10.4. The summed E-state index contributed by atoms with van der Waals surface area (Å²) in [5.74, 6) is 0. The molecule has 0 unspecified atom stereocenters. The summed E-state index contributed by atoms with van der Waals surface area (Å²) in [7, 11) is -3.14. The van der Waals surface area contributed by atoms with Gasteiger partial charge in [-0.2, -0.15) is 0 Å². The molecule has 0 aliphatic rings. The average molecular weight is 279 g/mol. The van der Waals surface area contributed by atoms with Crippen LogP contribution in [0.15, 0.2) is 24.5 Å². The van der Waals surface area contributed by atoms with Gasteiger partial charge in [-0.15, -0.1) is 0 Å². The van der Waals surface area contributed by atoms with Crippen molar-refractivity contribution in [1.29, 1.82) is 0 Å². The Hall–Kier alpha value is -0.460. The van der Waals surface area contributed by atoms with Crippen LogP contribution in [0, 0.1) is 0 Å². The van der Waals surface area contributed by atoms with E-state index in [2.05, 4.69) is 25.6 Å². The number of halogens is 1. The second-order valence-corrected chi connectivity index (χ2v) is 5.84. The van der Waals surface area contributed by atoms with Gasteiger partial charge in [0.15, 0.2) is 0 Å². The fourth-order valence-corrected chi connectivity index (χ4v) is 1.91.